The Morgan fingerprint density at radius 2 is 1.31 bits per heavy atom. The second-order valence-corrected chi connectivity index (χ2v) is 6.82. The first-order chi connectivity index (χ1) is 12.6. The van der Waals surface area contributed by atoms with E-state index in [1.54, 1.807) is 0 Å². The molecule has 0 N–H and O–H groups in total. The monoisotopic (exact) mass is 338 g/mol. The summed E-state index contributed by atoms with van der Waals surface area (Å²) < 4.78 is 0. The molecule has 0 radical (unpaired) electrons. The molecule has 128 valence electrons. The van der Waals surface area contributed by atoms with Gasteiger partial charge in [-0.25, -0.2) is 0 Å². The fourth-order valence-corrected chi connectivity index (χ4v) is 3.53. The first-order valence-electron chi connectivity index (χ1n) is 8.85. The lowest BCUT2D eigenvalue weighted by Crippen LogP contribution is -2.21. The van der Waals surface area contributed by atoms with E-state index in [-0.39, 0.29) is 5.92 Å². The highest BCUT2D eigenvalue weighted by molar-refractivity contribution is 5.77. The fraction of sp³-hybridized carbons (Fsp3) is 0.167. The van der Waals surface area contributed by atoms with Crippen molar-refractivity contribution in [2.24, 2.45) is 0 Å². The number of para-hydroxylation sites is 2. The van der Waals surface area contributed by atoms with Crippen LogP contribution >= 0.6 is 0 Å². The zero-order chi connectivity index (χ0) is 18.1. The summed E-state index contributed by atoms with van der Waals surface area (Å²) in [4.78, 5) is 4.36. The molecule has 4 rings (SSSR count). The van der Waals surface area contributed by atoms with E-state index < -0.39 is 0 Å². The van der Waals surface area contributed by atoms with Crippen LogP contribution < -0.4 is 9.80 Å². The van der Waals surface area contributed by atoms with E-state index in [0.29, 0.717) is 0 Å². The lowest BCUT2D eigenvalue weighted by molar-refractivity contribution is 0.983. The Kier molecular flexibility index (Phi) is 4.14. The Morgan fingerprint density at radius 1 is 0.769 bits per heavy atom. The molecular weight excluding hydrogens is 316 g/mol. The van der Waals surface area contributed by atoms with E-state index in [0.717, 1.165) is 5.56 Å². The number of fused-ring (bicyclic) bond motifs is 2. The lowest BCUT2D eigenvalue weighted by atomic mass is 9.85. The van der Waals surface area contributed by atoms with Crippen molar-refractivity contribution in [1.82, 2.24) is 0 Å². The van der Waals surface area contributed by atoms with E-state index in [9.17, 15) is 0 Å². The molecule has 1 heterocycles. The summed E-state index contributed by atoms with van der Waals surface area (Å²) in [5, 5.41) is 0. The van der Waals surface area contributed by atoms with Gasteiger partial charge >= 0.3 is 0 Å². The van der Waals surface area contributed by atoms with Crippen LogP contribution in [0.1, 0.15) is 22.6 Å². The second-order valence-electron chi connectivity index (χ2n) is 6.82. The Hall–Kier alpha value is -3.18. The number of rotatable bonds is 1. The van der Waals surface area contributed by atoms with Crippen molar-refractivity contribution < 1.29 is 0 Å². The van der Waals surface area contributed by atoms with Gasteiger partial charge < -0.3 is 9.80 Å². The maximum absolute atomic E-state index is 3.53. The number of benzene rings is 3. The van der Waals surface area contributed by atoms with E-state index in [1.165, 1.54) is 28.2 Å². The average molecular weight is 338 g/mol. The Bertz CT molecular complexity index is 943. The Balaban J connectivity index is 1.77. The number of nitrogens with zero attached hydrogens (tertiary/aromatic N) is 2. The van der Waals surface area contributed by atoms with Crippen LogP contribution in [0.3, 0.4) is 0 Å². The van der Waals surface area contributed by atoms with Crippen LogP contribution in [0.2, 0.25) is 0 Å². The van der Waals surface area contributed by atoms with Crippen LogP contribution in [0.25, 0.3) is 0 Å². The van der Waals surface area contributed by atoms with E-state index in [4.69, 9.17) is 0 Å². The second kappa shape index (κ2) is 6.61. The predicted molar refractivity (Wildman–Crippen MR) is 110 cm³/mol. The van der Waals surface area contributed by atoms with Crippen LogP contribution in [-0.2, 0) is 0 Å². The zero-order valence-electron chi connectivity index (χ0n) is 15.4. The molecule has 0 amide bonds. The van der Waals surface area contributed by atoms with Crippen LogP contribution in [0.4, 0.5) is 17.1 Å². The maximum atomic E-state index is 3.53. The van der Waals surface area contributed by atoms with E-state index in [1.807, 2.05) is 14.1 Å². The van der Waals surface area contributed by atoms with Gasteiger partial charge in [0.15, 0.2) is 0 Å². The van der Waals surface area contributed by atoms with Crippen molar-refractivity contribution in [2.45, 2.75) is 5.92 Å². The molecule has 0 fully saturated rings. The van der Waals surface area contributed by atoms with Crippen LogP contribution in [-0.4, -0.2) is 21.1 Å². The molecule has 26 heavy (non-hydrogen) atoms. The summed E-state index contributed by atoms with van der Waals surface area (Å²) in [5.41, 5.74) is 7.23. The molecule has 1 aliphatic rings. The van der Waals surface area contributed by atoms with Gasteiger partial charge in [-0.1, -0.05) is 48.2 Å². The van der Waals surface area contributed by atoms with Gasteiger partial charge in [-0.3, -0.25) is 0 Å². The highest BCUT2D eigenvalue weighted by atomic mass is 15.1. The summed E-state index contributed by atoms with van der Waals surface area (Å²) in [6, 6.07) is 25.5. The largest absolute Gasteiger partial charge is 0.378 e. The quantitative estimate of drug-likeness (QED) is 0.575. The molecule has 2 heteroatoms. The minimum atomic E-state index is 0.0899. The average Bonchev–Trinajstić information content (AvgIpc) is 2.68. The molecule has 0 unspecified atom stereocenters. The molecule has 2 nitrogen and oxygen atoms in total. The number of anilines is 3. The minimum absolute atomic E-state index is 0.0899. The van der Waals surface area contributed by atoms with Gasteiger partial charge in [0, 0.05) is 43.8 Å². The van der Waals surface area contributed by atoms with Gasteiger partial charge in [-0.15, -0.1) is 0 Å². The summed E-state index contributed by atoms with van der Waals surface area (Å²) in [6.45, 7) is 0. The first-order valence-corrected chi connectivity index (χ1v) is 8.85. The SMILES string of the molecule is CN(C)c1ccc(C#CC2c3ccccc3N(C)c3ccccc32)cc1. The molecule has 0 spiro atoms. The molecule has 0 saturated heterocycles. The molecule has 0 aromatic heterocycles. The fourth-order valence-electron chi connectivity index (χ4n) is 3.53. The highest BCUT2D eigenvalue weighted by Crippen LogP contribution is 2.44. The van der Waals surface area contributed by atoms with Gasteiger partial charge in [-0.05, 0) is 47.5 Å². The van der Waals surface area contributed by atoms with Crippen molar-refractivity contribution in [1.29, 1.82) is 0 Å². The minimum Gasteiger partial charge on any atom is -0.378 e. The van der Waals surface area contributed by atoms with Crippen LogP contribution in [0, 0.1) is 11.8 Å². The lowest BCUT2D eigenvalue weighted by Gasteiger charge is -2.33. The van der Waals surface area contributed by atoms with Crippen molar-refractivity contribution in [3.8, 4) is 11.8 Å². The first kappa shape index (κ1) is 16.3. The third-order valence-corrected chi connectivity index (χ3v) is 4.96. The molecular formula is C24H22N2. The van der Waals surface area contributed by atoms with E-state index >= 15 is 0 Å². The summed E-state index contributed by atoms with van der Waals surface area (Å²) in [6.07, 6.45) is 0. The van der Waals surface area contributed by atoms with Crippen LogP contribution in [0.15, 0.2) is 72.8 Å². The van der Waals surface area contributed by atoms with Gasteiger partial charge in [-0.2, -0.15) is 0 Å². The number of hydrogen-bond donors (Lipinski definition) is 0. The molecule has 0 bridgehead atoms. The van der Waals surface area contributed by atoms with Crippen molar-refractivity contribution >= 4 is 17.1 Å². The van der Waals surface area contributed by atoms with Crippen molar-refractivity contribution in [3.05, 3.63) is 89.5 Å². The van der Waals surface area contributed by atoms with Crippen molar-refractivity contribution in [2.75, 3.05) is 30.9 Å². The van der Waals surface area contributed by atoms with Gasteiger partial charge in [0.2, 0.25) is 0 Å². The van der Waals surface area contributed by atoms with E-state index in [2.05, 4.69) is 101 Å². The molecule has 3 aromatic carbocycles. The van der Waals surface area contributed by atoms with Gasteiger partial charge in [0.1, 0.15) is 0 Å². The maximum Gasteiger partial charge on any atom is 0.0746 e. The molecule has 3 aromatic rings. The third-order valence-electron chi connectivity index (χ3n) is 4.96. The summed E-state index contributed by atoms with van der Waals surface area (Å²) >= 11 is 0. The summed E-state index contributed by atoms with van der Waals surface area (Å²) in [7, 11) is 6.22. The van der Waals surface area contributed by atoms with Crippen LogP contribution in [0.5, 0.6) is 0 Å². The summed E-state index contributed by atoms with van der Waals surface area (Å²) in [5.74, 6) is 7.01. The number of hydrogen-bond acceptors (Lipinski definition) is 2. The smallest absolute Gasteiger partial charge is 0.0746 e. The molecule has 0 atom stereocenters. The Labute approximate surface area is 155 Å². The normalized spacial score (nSPS) is 12.7. The zero-order valence-corrected chi connectivity index (χ0v) is 15.4. The standard InChI is InChI=1S/C24H22N2/c1-25(2)19-15-12-18(13-16-19)14-17-20-21-8-4-6-10-23(21)26(3)24-11-7-5-9-22(20)24/h4-13,15-16,20H,1-3H3. The molecule has 1 aliphatic heterocycles. The Morgan fingerprint density at radius 3 is 1.85 bits per heavy atom. The molecule has 0 saturated carbocycles. The molecule has 0 aliphatic carbocycles. The van der Waals surface area contributed by atoms with Gasteiger partial charge in [0.25, 0.3) is 0 Å². The predicted octanol–water partition coefficient (Wildman–Crippen LogP) is 5.02. The topological polar surface area (TPSA) is 6.48 Å². The van der Waals surface area contributed by atoms with Gasteiger partial charge in [0.05, 0.1) is 5.92 Å². The van der Waals surface area contributed by atoms with Crippen molar-refractivity contribution in [3.63, 3.8) is 0 Å². The highest BCUT2D eigenvalue weighted by Gasteiger charge is 2.26. The third kappa shape index (κ3) is 2.82.